The molecule has 1 aliphatic heterocycles. The monoisotopic (exact) mass is 333 g/mol. The number of piperidine rings is 1. The van der Waals surface area contributed by atoms with Crippen molar-refractivity contribution in [1.82, 2.24) is 20.1 Å². The van der Waals surface area contributed by atoms with E-state index >= 15 is 0 Å². The molecule has 0 unspecified atom stereocenters. The molecule has 2 N–H and O–H groups in total. The average molecular weight is 333 g/mol. The molecule has 2 aromatic rings. The van der Waals surface area contributed by atoms with Crippen LogP contribution in [0.2, 0.25) is 0 Å². The van der Waals surface area contributed by atoms with Gasteiger partial charge in [0, 0.05) is 22.8 Å². The van der Waals surface area contributed by atoms with Crippen molar-refractivity contribution in [1.29, 1.82) is 0 Å². The molecule has 0 bridgehead atoms. The summed E-state index contributed by atoms with van der Waals surface area (Å²) in [7, 11) is 0. The molecule has 0 radical (unpaired) electrons. The van der Waals surface area contributed by atoms with E-state index in [1.165, 1.54) is 4.88 Å². The number of carbonyl (C=O) groups is 1. The van der Waals surface area contributed by atoms with E-state index in [4.69, 9.17) is 0 Å². The van der Waals surface area contributed by atoms with Gasteiger partial charge in [0.1, 0.15) is 0 Å². The second kappa shape index (κ2) is 6.80. The minimum atomic E-state index is -0.138. The molecular weight excluding hydrogens is 310 g/mol. The van der Waals surface area contributed by atoms with Crippen LogP contribution in [-0.2, 0) is 0 Å². The number of aromatic nitrogens is 3. The van der Waals surface area contributed by atoms with Crippen LogP contribution in [0.25, 0.3) is 0 Å². The van der Waals surface area contributed by atoms with Crippen LogP contribution in [0, 0.1) is 6.92 Å². The van der Waals surface area contributed by atoms with E-state index in [9.17, 15) is 4.79 Å². The van der Waals surface area contributed by atoms with E-state index in [-0.39, 0.29) is 11.9 Å². The molecule has 23 heavy (non-hydrogen) atoms. The lowest BCUT2D eigenvalue weighted by atomic mass is 9.97. The van der Waals surface area contributed by atoms with Crippen LogP contribution in [0.3, 0.4) is 0 Å². The molecule has 6 nitrogen and oxygen atoms in total. The summed E-state index contributed by atoms with van der Waals surface area (Å²) in [5, 5.41) is 11.2. The van der Waals surface area contributed by atoms with Gasteiger partial charge >= 0.3 is 0 Å². The Balaban J connectivity index is 1.69. The van der Waals surface area contributed by atoms with Gasteiger partial charge in [-0.25, -0.2) is 4.98 Å². The van der Waals surface area contributed by atoms with Gasteiger partial charge in [-0.2, -0.15) is 5.10 Å². The summed E-state index contributed by atoms with van der Waals surface area (Å²) in [6, 6.07) is 0.239. The van der Waals surface area contributed by atoms with Crippen molar-refractivity contribution in [3.8, 4) is 0 Å². The highest BCUT2D eigenvalue weighted by Gasteiger charge is 2.20. The van der Waals surface area contributed by atoms with Crippen molar-refractivity contribution in [2.75, 3.05) is 18.4 Å². The maximum absolute atomic E-state index is 12.4. The lowest BCUT2D eigenvalue weighted by molar-refractivity contribution is 0.102. The van der Waals surface area contributed by atoms with Crippen LogP contribution in [0.1, 0.15) is 59.6 Å². The summed E-state index contributed by atoms with van der Waals surface area (Å²) in [5.74, 6) is 0.422. The van der Waals surface area contributed by atoms with Gasteiger partial charge in [0.15, 0.2) is 5.13 Å². The van der Waals surface area contributed by atoms with Gasteiger partial charge in [-0.3, -0.25) is 14.8 Å². The van der Waals surface area contributed by atoms with Crippen molar-refractivity contribution in [2.24, 2.45) is 0 Å². The van der Waals surface area contributed by atoms with E-state index in [2.05, 4.69) is 20.7 Å². The topological polar surface area (TPSA) is 71.8 Å². The molecule has 0 atom stereocenters. The molecule has 3 rings (SSSR count). The summed E-state index contributed by atoms with van der Waals surface area (Å²) < 4.78 is 1.86. The van der Waals surface area contributed by atoms with Crippen LogP contribution >= 0.6 is 11.3 Å². The standard InChI is InChI=1S/C16H23N5OS/c1-10(2)21-11(3)13(8-19-21)15(22)20-16-18-9-14(23-16)12-4-6-17-7-5-12/h8-10,12,17H,4-7H2,1-3H3,(H,18,20,22). The number of anilines is 1. The SMILES string of the molecule is Cc1c(C(=O)Nc2ncc(C3CCNCC3)s2)cnn1C(C)C. The first-order valence-electron chi connectivity index (χ1n) is 8.08. The summed E-state index contributed by atoms with van der Waals surface area (Å²) in [6.07, 6.45) is 5.80. The van der Waals surface area contributed by atoms with Crippen molar-refractivity contribution < 1.29 is 4.79 Å². The zero-order valence-corrected chi connectivity index (χ0v) is 14.6. The van der Waals surface area contributed by atoms with Crippen molar-refractivity contribution in [3.05, 3.63) is 28.5 Å². The number of nitrogens with zero attached hydrogens (tertiary/aromatic N) is 3. The van der Waals surface area contributed by atoms with Gasteiger partial charge in [0.05, 0.1) is 11.8 Å². The first-order valence-corrected chi connectivity index (χ1v) is 8.90. The largest absolute Gasteiger partial charge is 0.317 e. The third-order valence-electron chi connectivity index (χ3n) is 4.26. The van der Waals surface area contributed by atoms with Gasteiger partial charge in [0.2, 0.25) is 0 Å². The fraction of sp³-hybridized carbons (Fsp3) is 0.562. The number of carbonyl (C=O) groups excluding carboxylic acids is 1. The molecule has 0 saturated carbocycles. The van der Waals surface area contributed by atoms with E-state index in [1.807, 2.05) is 31.6 Å². The van der Waals surface area contributed by atoms with Crippen LogP contribution in [0.4, 0.5) is 5.13 Å². The van der Waals surface area contributed by atoms with Gasteiger partial charge in [-0.1, -0.05) is 0 Å². The molecule has 3 heterocycles. The Morgan fingerprint density at radius 1 is 1.39 bits per heavy atom. The normalized spacial score (nSPS) is 16.0. The predicted octanol–water partition coefficient (Wildman–Crippen LogP) is 2.95. The Hall–Kier alpha value is -1.73. The highest BCUT2D eigenvalue weighted by molar-refractivity contribution is 7.15. The molecule has 124 valence electrons. The van der Waals surface area contributed by atoms with Crippen molar-refractivity contribution >= 4 is 22.4 Å². The minimum absolute atomic E-state index is 0.138. The smallest absolute Gasteiger partial charge is 0.260 e. The number of amides is 1. The van der Waals surface area contributed by atoms with Crippen molar-refractivity contribution in [2.45, 2.75) is 45.6 Å². The Morgan fingerprint density at radius 3 is 2.78 bits per heavy atom. The molecule has 1 amide bonds. The highest BCUT2D eigenvalue weighted by atomic mass is 32.1. The molecule has 7 heteroatoms. The second-order valence-electron chi connectivity index (χ2n) is 6.23. The molecule has 1 saturated heterocycles. The second-order valence-corrected chi connectivity index (χ2v) is 7.29. The van der Waals surface area contributed by atoms with Crippen LogP contribution in [-0.4, -0.2) is 33.8 Å². The molecule has 2 aromatic heterocycles. The Morgan fingerprint density at radius 2 is 2.13 bits per heavy atom. The van der Waals surface area contributed by atoms with Gasteiger partial charge in [-0.15, -0.1) is 11.3 Å². The first-order chi connectivity index (χ1) is 11.1. The highest BCUT2D eigenvalue weighted by Crippen LogP contribution is 2.31. The summed E-state index contributed by atoms with van der Waals surface area (Å²) in [4.78, 5) is 18.1. The minimum Gasteiger partial charge on any atom is -0.317 e. The molecule has 1 aliphatic rings. The summed E-state index contributed by atoms with van der Waals surface area (Å²) in [6.45, 7) is 8.13. The number of nitrogens with one attached hydrogen (secondary N) is 2. The molecule has 1 fully saturated rings. The zero-order chi connectivity index (χ0) is 16.4. The van der Waals surface area contributed by atoms with E-state index < -0.39 is 0 Å². The fourth-order valence-electron chi connectivity index (χ4n) is 2.97. The van der Waals surface area contributed by atoms with Gasteiger partial charge < -0.3 is 5.32 Å². The third kappa shape index (κ3) is 3.45. The first kappa shape index (κ1) is 16.1. The number of hydrogen-bond donors (Lipinski definition) is 2. The fourth-order valence-corrected chi connectivity index (χ4v) is 3.95. The number of thiazole rings is 1. The maximum Gasteiger partial charge on any atom is 0.260 e. The Bertz CT molecular complexity index is 684. The Labute approximate surface area is 140 Å². The summed E-state index contributed by atoms with van der Waals surface area (Å²) >= 11 is 1.58. The third-order valence-corrected chi connectivity index (χ3v) is 5.34. The maximum atomic E-state index is 12.4. The lowest BCUT2D eigenvalue weighted by Crippen LogP contribution is -2.26. The summed E-state index contributed by atoms with van der Waals surface area (Å²) in [5.41, 5.74) is 1.49. The average Bonchev–Trinajstić information content (AvgIpc) is 3.15. The van der Waals surface area contributed by atoms with Crippen LogP contribution in [0.5, 0.6) is 0 Å². The number of hydrogen-bond acceptors (Lipinski definition) is 5. The van der Waals surface area contributed by atoms with Crippen LogP contribution in [0.15, 0.2) is 12.4 Å². The predicted molar refractivity (Wildman–Crippen MR) is 92.3 cm³/mol. The molecule has 0 aromatic carbocycles. The van der Waals surface area contributed by atoms with Crippen molar-refractivity contribution in [3.63, 3.8) is 0 Å². The van der Waals surface area contributed by atoms with Crippen LogP contribution < -0.4 is 10.6 Å². The lowest BCUT2D eigenvalue weighted by Gasteiger charge is -2.20. The van der Waals surface area contributed by atoms with Gasteiger partial charge in [0.25, 0.3) is 5.91 Å². The number of rotatable bonds is 4. The Kier molecular flexibility index (Phi) is 4.77. The van der Waals surface area contributed by atoms with E-state index in [0.717, 1.165) is 31.6 Å². The molecule has 0 spiro atoms. The van der Waals surface area contributed by atoms with Gasteiger partial charge in [-0.05, 0) is 52.6 Å². The quantitative estimate of drug-likeness (QED) is 0.902. The molecular formula is C16H23N5OS. The molecule has 0 aliphatic carbocycles. The zero-order valence-electron chi connectivity index (χ0n) is 13.8. The van der Waals surface area contributed by atoms with E-state index in [0.29, 0.717) is 16.6 Å². The van der Waals surface area contributed by atoms with E-state index in [1.54, 1.807) is 17.5 Å².